The summed E-state index contributed by atoms with van der Waals surface area (Å²) in [6, 6.07) is 4.74. The number of carboxylic acid groups (broad SMARTS) is 1. The number of nitrogens with two attached hydrogens (primary N) is 1. The number of hydrogen-bond acceptors (Lipinski definition) is 3. The van der Waals surface area contributed by atoms with Crippen LogP contribution in [0.2, 0.25) is 5.02 Å². The van der Waals surface area contributed by atoms with E-state index in [9.17, 15) is 4.79 Å². The fraction of sp³-hybridized carbons (Fsp3) is 0.417. The number of methoxy groups -OCH3 is 1. The minimum atomic E-state index is -0.971. The lowest BCUT2D eigenvalue weighted by molar-refractivity contribution is -0.138. The molecule has 0 saturated carbocycles. The monoisotopic (exact) mass is 257 g/mol. The number of aliphatic carboxylic acids is 1. The van der Waals surface area contributed by atoms with Crippen LogP contribution in [0.15, 0.2) is 18.2 Å². The first-order valence-corrected chi connectivity index (χ1v) is 5.73. The number of benzene rings is 1. The first kappa shape index (κ1) is 13.8. The Morgan fingerprint density at radius 2 is 2.29 bits per heavy atom. The highest BCUT2D eigenvalue weighted by molar-refractivity contribution is 6.32. The summed E-state index contributed by atoms with van der Waals surface area (Å²) >= 11 is 6.11. The maximum atomic E-state index is 10.5. The molecule has 5 heteroatoms. The zero-order valence-corrected chi connectivity index (χ0v) is 10.4. The van der Waals surface area contributed by atoms with Gasteiger partial charge in [0.2, 0.25) is 0 Å². The van der Waals surface area contributed by atoms with E-state index in [4.69, 9.17) is 27.2 Å². The molecule has 0 spiro atoms. The van der Waals surface area contributed by atoms with Crippen LogP contribution >= 0.6 is 11.6 Å². The number of hydrogen-bond donors (Lipinski definition) is 2. The van der Waals surface area contributed by atoms with Crippen molar-refractivity contribution in [2.45, 2.75) is 25.3 Å². The molecule has 3 N–H and O–H groups in total. The zero-order valence-electron chi connectivity index (χ0n) is 9.65. The van der Waals surface area contributed by atoms with E-state index in [-0.39, 0.29) is 0 Å². The maximum absolute atomic E-state index is 10.5. The number of carbonyl (C=O) groups is 1. The zero-order chi connectivity index (χ0) is 12.8. The second kappa shape index (κ2) is 6.47. The molecule has 0 amide bonds. The first-order chi connectivity index (χ1) is 8.06. The molecule has 0 aliphatic heterocycles. The summed E-state index contributed by atoms with van der Waals surface area (Å²) in [6.45, 7) is 0. The average Bonchev–Trinajstić information content (AvgIpc) is 2.31. The molecule has 1 rings (SSSR count). The van der Waals surface area contributed by atoms with E-state index in [1.807, 2.05) is 12.1 Å². The third-order valence-electron chi connectivity index (χ3n) is 2.54. The van der Waals surface area contributed by atoms with Gasteiger partial charge in [0.05, 0.1) is 12.1 Å². The Bertz CT molecular complexity index is 395. The Balaban J connectivity index is 2.55. The van der Waals surface area contributed by atoms with Gasteiger partial charge in [-0.1, -0.05) is 23.7 Å². The molecule has 0 bridgehead atoms. The lowest BCUT2D eigenvalue weighted by Gasteiger charge is -2.09. The van der Waals surface area contributed by atoms with E-state index in [2.05, 4.69) is 0 Å². The fourth-order valence-corrected chi connectivity index (χ4v) is 1.84. The van der Waals surface area contributed by atoms with Gasteiger partial charge in [0, 0.05) is 0 Å². The van der Waals surface area contributed by atoms with Gasteiger partial charge in [-0.3, -0.25) is 4.79 Å². The van der Waals surface area contributed by atoms with Crippen LogP contribution in [0.1, 0.15) is 18.4 Å². The van der Waals surface area contributed by atoms with Crippen molar-refractivity contribution in [3.63, 3.8) is 0 Å². The molecule has 0 aliphatic rings. The summed E-state index contributed by atoms with van der Waals surface area (Å²) in [5, 5.41) is 9.23. The Labute approximate surface area is 105 Å². The van der Waals surface area contributed by atoms with Crippen molar-refractivity contribution in [3.05, 3.63) is 28.8 Å². The van der Waals surface area contributed by atoms with Crippen LogP contribution < -0.4 is 10.5 Å². The molecule has 0 heterocycles. The summed E-state index contributed by atoms with van der Waals surface area (Å²) in [6.07, 6.45) is 1.81. The third-order valence-corrected chi connectivity index (χ3v) is 2.97. The van der Waals surface area contributed by atoms with Gasteiger partial charge in [-0.25, -0.2) is 0 Å². The van der Waals surface area contributed by atoms with E-state index in [1.54, 1.807) is 13.2 Å². The molecule has 0 saturated heterocycles. The molecular weight excluding hydrogens is 242 g/mol. The number of aryl methyl sites for hydroxylation is 1. The van der Waals surface area contributed by atoms with Crippen molar-refractivity contribution in [1.82, 2.24) is 0 Å². The van der Waals surface area contributed by atoms with Gasteiger partial charge in [0.1, 0.15) is 11.8 Å². The third kappa shape index (κ3) is 3.91. The lowest BCUT2D eigenvalue weighted by Crippen LogP contribution is -2.29. The van der Waals surface area contributed by atoms with Crippen LogP contribution in [0, 0.1) is 0 Å². The fourth-order valence-electron chi connectivity index (χ4n) is 1.54. The second-order valence-electron chi connectivity index (χ2n) is 3.77. The molecule has 0 fully saturated rings. The molecule has 1 unspecified atom stereocenters. The Kier molecular flexibility index (Phi) is 5.25. The molecule has 17 heavy (non-hydrogen) atoms. The van der Waals surface area contributed by atoms with Crippen LogP contribution in [-0.2, 0) is 11.2 Å². The van der Waals surface area contributed by atoms with Gasteiger partial charge in [0.25, 0.3) is 0 Å². The van der Waals surface area contributed by atoms with Gasteiger partial charge < -0.3 is 15.6 Å². The number of carboxylic acids is 1. The summed E-state index contributed by atoms with van der Waals surface area (Å²) in [4.78, 5) is 10.5. The number of rotatable bonds is 6. The molecule has 0 radical (unpaired) electrons. The van der Waals surface area contributed by atoms with Crippen molar-refractivity contribution in [2.75, 3.05) is 7.11 Å². The van der Waals surface area contributed by atoms with E-state index in [0.717, 1.165) is 5.56 Å². The molecule has 4 nitrogen and oxygen atoms in total. The highest BCUT2D eigenvalue weighted by Gasteiger charge is 2.12. The topological polar surface area (TPSA) is 72.5 Å². The maximum Gasteiger partial charge on any atom is 0.320 e. The van der Waals surface area contributed by atoms with Crippen molar-refractivity contribution in [1.29, 1.82) is 0 Å². The van der Waals surface area contributed by atoms with E-state index in [0.29, 0.717) is 30.0 Å². The minimum Gasteiger partial charge on any atom is -0.495 e. The minimum absolute atomic E-state index is 0.433. The molecule has 0 aliphatic carbocycles. The van der Waals surface area contributed by atoms with Gasteiger partial charge >= 0.3 is 5.97 Å². The predicted molar refractivity (Wildman–Crippen MR) is 66.6 cm³/mol. The first-order valence-electron chi connectivity index (χ1n) is 5.36. The Morgan fingerprint density at radius 1 is 1.59 bits per heavy atom. The van der Waals surface area contributed by atoms with Crippen LogP contribution in [0.25, 0.3) is 0 Å². The molecular formula is C12H16ClNO3. The van der Waals surface area contributed by atoms with Crippen LogP contribution in [0.4, 0.5) is 0 Å². The summed E-state index contributed by atoms with van der Waals surface area (Å²) in [5.41, 5.74) is 6.37. The van der Waals surface area contributed by atoms with Crippen molar-refractivity contribution < 1.29 is 14.6 Å². The van der Waals surface area contributed by atoms with Crippen molar-refractivity contribution in [2.24, 2.45) is 5.73 Å². The number of ether oxygens (including phenoxy) is 1. The molecule has 1 atom stereocenters. The van der Waals surface area contributed by atoms with Crippen LogP contribution in [-0.4, -0.2) is 24.2 Å². The summed E-state index contributed by atoms with van der Waals surface area (Å²) in [5.74, 6) is -0.339. The molecule has 1 aromatic carbocycles. The van der Waals surface area contributed by atoms with Crippen LogP contribution in [0.3, 0.4) is 0 Å². The normalized spacial score (nSPS) is 12.2. The number of halogens is 1. The second-order valence-corrected chi connectivity index (χ2v) is 4.15. The predicted octanol–water partition coefficient (Wildman–Crippen LogP) is 2.08. The Morgan fingerprint density at radius 3 is 2.88 bits per heavy atom. The summed E-state index contributed by atoms with van der Waals surface area (Å²) in [7, 11) is 1.56. The summed E-state index contributed by atoms with van der Waals surface area (Å²) < 4.78 is 5.10. The van der Waals surface area contributed by atoms with Gasteiger partial charge in [0.15, 0.2) is 0 Å². The smallest absolute Gasteiger partial charge is 0.320 e. The van der Waals surface area contributed by atoms with E-state index >= 15 is 0 Å². The standard InChI is InChI=1S/C12H16ClNO3/c1-17-10-7-3-5-8(11(10)13)4-2-6-9(14)12(15)16/h3,5,7,9H,2,4,6,14H2,1H3,(H,15,16). The van der Waals surface area contributed by atoms with Crippen molar-refractivity contribution >= 4 is 17.6 Å². The molecule has 0 aromatic heterocycles. The van der Waals surface area contributed by atoms with E-state index in [1.165, 1.54) is 0 Å². The molecule has 94 valence electrons. The van der Waals surface area contributed by atoms with Gasteiger partial charge in [-0.2, -0.15) is 0 Å². The molecule has 1 aromatic rings. The van der Waals surface area contributed by atoms with Crippen LogP contribution in [0.5, 0.6) is 5.75 Å². The lowest BCUT2D eigenvalue weighted by atomic mass is 10.0. The van der Waals surface area contributed by atoms with Gasteiger partial charge in [-0.15, -0.1) is 0 Å². The quantitative estimate of drug-likeness (QED) is 0.818. The highest BCUT2D eigenvalue weighted by atomic mass is 35.5. The van der Waals surface area contributed by atoms with Crippen molar-refractivity contribution in [3.8, 4) is 5.75 Å². The van der Waals surface area contributed by atoms with Gasteiger partial charge in [-0.05, 0) is 30.9 Å². The highest BCUT2D eigenvalue weighted by Crippen LogP contribution is 2.28. The SMILES string of the molecule is COc1cccc(CCCC(N)C(=O)O)c1Cl. The Hall–Kier alpha value is -1.26. The average molecular weight is 258 g/mol. The largest absolute Gasteiger partial charge is 0.495 e. The van der Waals surface area contributed by atoms with E-state index < -0.39 is 12.0 Å².